The maximum absolute atomic E-state index is 13.0. The molecule has 4 aromatic rings. The molecule has 0 radical (unpaired) electrons. The number of halogens is 1. The molecule has 0 fully saturated rings. The molecule has 0 saturated heterocycles. The van der Waals surface area contributed by atoms with Crippen LogP contribution in [0.1, 0.15) is 22.5 Å². The number of H-pyrrole nitrogens is 1. The molecule has 0 aliphatic heterocycles. The summed E-state index contributed by atoms with van der Waals surface area (Å²) < 4.78 is 14.6. The van der Waals surface area contributed by atoms with Crippen LogP contribution in [0.3, 0.4) is 0 Å². The van der Waals surface area contributed by atoms with Crippen LogP contribution in [0.4, 0.5) is 4.39 Å². The Kier molecular flexibility index (Phi) is 4.61. The molecule has 0 atom stereocenters. The molecule has 0 unspecified atom stereocenters. The SMILES string of the molecule is O=C(NCCCc1cnc2ncnn2c1)c1cc(-c2ccc(F)cc2)c[nH]1. The van der Waals surface area contributed by atoms with E-state index in [9.17, 15) is 9.18 Å². The molecular weight excluding hydrogens is 347 g/mol. The van der Waals surface area contributed by atoms with Gasteiger partial charge in [-0.15, -0.1) is 0 Å². The number of hydrogen-bond donors (Lipinski definition) is 2. The molecule has 0 aliphatic carbocycles. The number of aryl methyl sites for hydroxylation is 1. The monoisotopic (exact) mass is 364 g/mol. The van der Waals surface area contributed by atoms with Crippen molar-refractivity contribution in [2.75, 3.05) is 6.54 Å². The summed E-state index contributed by atoms with van der Waals surface area (Å²) in [5, 5.41) is 6.95. The molecular formula is C19H17FN6O. The van der Waals surface area contributed by atoms with E-state index in [1.165, 1.54) is 18.5 Å². The molecule has 2 N–H and O–H groups in total. The number of aromatic amines is 1. The molecule has 8 heteroatoms. The number of carbonyl (C=O) groups excluding carboxylic acids is 1. The van der Waals surface area contributed by atoms with Crippen LogP contribution in [0.2, 0.25) is 0 Å². The first-order valence-corrected chi connectivity index (χ1v) is 8.56. The fourth-order valence-corrected chi connectivity index (χ4v) is 2.81. The highest BCUT2D eigenvalue weighted by molar-refractivity contribution is 5.93. The lowest BCUT2D eigenvalue weighted by molar-refractivity contribution is 0.0949. The van der Waals surface area contributed by atoms with E-state index in [1.807, 2.05) is 6.20 Å². The van der Waals surface area contributed by atoms with E-state index in [1.54, 1.807) is 35.1 Å². The molecule has 1 amide bonds. The first kappa shape index (κ1) is 16.9. The number of aromatic nitrogens is 5. The Morgan fingerprint density at radius 2 is 2.04 bits per heavy atom. The Balaban J connectivity index is 1.29. The molecule has 27 heavy (non-hydrogen) atoms. The van der Waals surface area contributed by atoms with Gasteiger partial charge in [0.1, 0.15) is 17.8 Å². The summed E-state index contributed by atoms with van der Waals surface area (Å²) in [6.07, 6.45) is 8.40. The molecule has 4 rings (SSSR count). The highest BCUT2D eigenvalue weighted by Crippen LogP contribution is 2.20. The number of hydrogen-bond acceptors (Lipinski definition) is 4. The van der Waals surface area contributed by atoms with Crippen molar-refractivity contribution in [2.24, 2.45) is 0 Å². The lowest BCUT2D eigenvalue weighted by Gasteiger charge is -2.04. The summed E-state index contributed by atoms with van der Waals surface area (Å²) in [7, 11) is 0. The lowest BCUT2D eigenvalue weighted by Crippen LogP contribution is -2.25. The number of fused-ring (bicyclic) bond motifs is 1. The molecule has 0 bridgehead atoms. The quantitative estimate of drug-likeness (QED) is 0.515. The second-order valence-electron chi connectivity index (χ2n) is 6.14. The van der Waals surface area contributed by atoms with Crippen LogP contribution in [-0.2, 0) is 6.42 Å². The van der Waals surface area contributed by atoms with E-state index < -0.39 is 0 Å². The summed E-state index contributed by atoms with van der Waals surface area (Å²) in [6, 6.07) is 7.91. The van der Waals surface area contributed by atoms with Crippen molar-refractivity contribution in [3.8, 4) is 11.1 Å². The Morgan fingerprint density at radius 3 is 2.89 bits per heavy atom. The van der Waals surface area contributed by atoms with Gasteiger partial charge in [-0.05, 0) is 47.7 Å². The van der Waals surface area contributed by atoms with Crippen molar-refractivity contribution in [1.82, 2.24) is 29.9 Å². The zero-order valence-corrected chi connectivity index (χ0v) is 14.4. The maximum Gasteiger partial charge on any atom is 0.267 e. The third-order valence-electron chi connectivity index (χ3n) is 4.22. The van der Waals surface area contributed by atoms with Gasteiger partial charge in [-0.3, -0.25) is 4.79 Å². The molecule has 136 valence electrons. The van der Waals surface area contributed by atoms with Crippen molar-refractivity contribution in [3.05, 3.63) is 72.3 Å². The number of benzene rings is 1. The second-order valence-corrected chi connectivity index (χ2v) is 6.14. The predicted octanol–water partition coefficient (Wildman–Crippen LogP) is 2.62. The maximum atomic E-state index is 13.0. The van der Waals surface area contributed by atoms with Crippen LogP contribution < -0.4 is 5.32 Å². The summed E-state index contributed by atoms with van der Waals surface area (Å²) in [6.45, 7) is 0.541. The topological polar surface area (TPSA) is 88.0 Å². The molecule has 0 spiro atoms. The standard InChI is InChI=1S/C19H17FN6O/c20-16-5-3-14(4-6-16)15-8-17(22-10-15)18(27)21-7-1-2-13-9-23-19-24-12-25-26(19)11-13/h3-6,8-12,22H,1-2,7H2,(H,21,27). The average molecular weight is 364 g/mol. The van der Waals surface area contributed by atoms with E-state index in [0.717, 1.165) is 29.5 Å². The van der Waals surface area contributed by atoms with Gasteiger partial charge in [0.05, 0.1) is 0 Å². The van der Waals surface area contributed by atoms with Gasteiger partial charge in [0.15, 0.2) is 0 Å². The molecule has 1 aromatic carbocycles. The van der Waals surface area contributed by atoms with E-state index >= 15 is 0 Å². The van der Waals surface area contributed by atoms with Crippen LogP contribution >= 0.6 is 0 Å². The van der Waals surface area contributed by atoms with Gasteiger partial charge in [0.25, 0.3) is 11.7 Å². The van der Waals surface area contributed by atoms with E-state index in [0.29, 0.717) is 18.0 Å². The Hall–Kier alpha value is -3.55. The lowest BCUT2D eigenvalue weighted by atomic mass is 10.1. The minimum absolute atomic E-state index is 0.173. The van der Waals surface area contributed by atoms with Crippen LogP contribution in [0.5, 0.6) is 0 Å². The average Bonchev–Trinajstić information content (AvgIpc) is 3.35. The third kappa shape index (κ3) is 3.84. The minimum atomic E-state index is -0.287. The van der Waals surface area contributed by atoms with Gasteiger partial charge >= 0.3 is 0 Å². The summed E-state index contributed by atoms with van der Waals surface area (Å²) in [5.41, 5.74) is 3.19. The minimum Gasteiger partial charge on any atom is -0.357 e. The van der Waals surface area contributed by atoms with E-state index in [4.69, 9.17) is 0 Å². The first-order valence-electron chi connectivity index (χ1n) is 8.56. The highest BCUT2D eigenvalue weighted by atomic mass is 19.1. The van der Waals surface area contributed by atoms with Crippen molar-refractivity contribution < 1.29 is 9.18 Å². The number of amides is 1. The first-order chi connectivity index (χ1) is 13.2. The van der Waals surface area contributed by atoms with Gasteiger partial charge < -0.3 is 10.3 Å². The van der Waals surface area contributed by atoms with Gasteiger partial charge in [-0.25, -0.2) is 13.9 Å². The summed E-state index contributed by atoms with van der Waals surface area (Å²) in [4.78, 5) is 23.4. The van der Waals surface area contributed by atoms with Crippen LogP contribution in [0.15, 0.2) is 55.2 Å². The molecule has 0 aliphatic rings. The summed E-state index contributed by atoms with van der Waals surface area (Å²) >= 11 is 0. The van der Waals surface area contributed by atoms with E-state index in [-0.39, 0.29) is 11.7 Å². The summed E-state index contributed by atoms with van der Waals surface area (Å²) in [5.74, 6) is 0.106. The van der Waals surface area contributed by atoms with Gasteiger partial charge in [-0.1, -0.05) is 12.1 Å². The van der Waals surface area contributed by atoms with Crippen LogP contribution in [-0.4, -0.2) is 37.0 Å². The zero-order chi connectivity index (χ0) is 18.6. The zero-order valence-electron chi connectivity index (χ0n) is 14.4. The number of rotatable bonds is 6. The van der Waals surface area contributed by atoms with Crippen molar-refractivity contribution in [3.63, 3.8) is 0 Å². The van der Waals surface area contributed by atoms with Crippen LogP contribution in [0.25, 0.3) is 16.9 Å². The third-order valence-corrected chi connectivity index (χ3v) is 4.22. The van der Waals surface area contributed by atoms with Crippen molar-refractivity contribution in [1.29, 1.82) is 0 Å². The van der Waals surface area contributed by atoms with Gasteiger partial charge in [-0.2, -0.15) is 10.1 Å². The fourth-order valence-electron chi connectivity index (χ4n) is 2.81. The predicted molar refractivity (Wildman–Crippen MR) is 97.6 cm³/mol. The Morgan fingerprint density at radius 1 is 1.19 bits per heavy atom. The highest BCUT2D eigenvalue weighted by Gasteiger charge is 2.09. The van der Waals surface area contributed by atoms with Gasteiger partial charge in [0.2, 0.25) is 0 Å². The molecule has 3 aromatic heterocycles. The van der Waals surface area contributed by atoms with Crippen molar-refractivity contribution in [2.45, 2.75) is 12.8 Å². The molecule has 0 saturated carbocycles. The fraction of sp³-hybridized carbons (Fsp3) is 0.158. The number of carbonyl (C=O) groups is 1. The number of nitrogens with one attached hydrogen (secondary N) is 2. The largest absolute Gasteiger partial charge is 0.357 e. The number of nitrogens with zero attached hydrogens (tertiary/aromatic N) is 4. The normalized spacial score (nSPS) is 11.0. The van der Waals surface area contributed by atoms with Crippen molar-refractivity contribution >= 4 is 11.7 Å². The second kappa shape index (κ2) is 7.36. The van der Waals surface area contributed by atoms with Crippen LogP contribution in [0, 0.1) is 5.82 Å². The Labute approximate surface area is 154 Å². The smallest absolute Gasteiger partial charge is 0.267 e. The van der Waals surface area contributed by atoms with Gasteiger partial charge in [0, 0.05) is 25.1 Å². The van der Waals surface area contributed by atoms with E-state index in [2.05, 4.69) is 25.4 Å². The Bertz CT molecular complexity index is 1070. The molecule has 3 heterocycles. The molecule has 7 nitrogen and oxygen atoms in total.